The number of rotatable bonds is 5. The standard InChI is InChI=1S/C15H17N3O3S/c19-14(11-6-2-1-3-7-11)10-22(20,21)18-15-12-8-4-5-9-13(12)16-17-15/h1-3,6-7H,4-5,8-10H2,(H2,16,17,18). The molecule has 6 nitrogen and oxygen atoms in total. The van der Waals surface area contributed by atoms with Crippen LogP contribution < -0.4 is 4.72 Å². The molecule has 0 spiro atoms. The number of aryl methyl sites for hydroxylation is 1. The average molecular weight is 319 g/mol. The normalized spacial score (nSPS) is 14.4. The van der Waals surface area contributed by atoms with E-state index in [2.05, 4.69) is 14.9 Å². The van der Waals surface area contributed by atoms with E-state index < -0.39 is 21.6 Å². The minimum absolute atomic E-state index is 0.388. The van der Waals surface area contributed by atoms with E-state index in [-0.39, 0.29) is 0 Å². The van der Waals surface area contributed by atoms with Crippen LogP contribution >= 0.6 is 0 Å². The Morgan fingerprint density at radius 2 is 1.91 bits per heavy atom. The van der Waals surface area contributed by atoms with Crippen LogP contribution in [-0.2, 0) is 22.9 Å². The number of carbonyl (C=O) groups is 1. The number of carbonyl (C=O) groups excluding carboxylic acids is 1. The van der Waals surface area contributed by atoms with Gasteiger partial charge >= 0.3 is 0 Å². The largest absolute Gasteiger partial charge is 0.293 e. The van der Waals surface area contributed by atoms with E-state index in [1.165, 1.54) is 0 Å². The first kappa shape index (κ1) is 14.8. The highest BCUT2D eigenvalue weighted by molar-refractivity contribution is 7.93. The molecule has 2 aromatic rings. The summed E-state index contributed by atoms with van der Waals surface area (Å²) in [7, 11) is -3.76. The number of fused-ring (bicyclic) bond motifs is 1. The molecule has 0 amide bonds. The highest BCUT2D eigenvalue weighted by Gasteiger charge is 2.23. The van der Waals surface area contributed by atoms with Crippen LogP contribution in [0.15, 0.2) is 30.3 Å². The predicted octanol–water partition coefficient (Wildman–Crippen LogP) is 1.91. The molecule has 0 fully saturated rings. The summed E-state index contributed by atoms with van der Waals surface area (Å²) >= 11 is 0. The number of nitrogens with zero attached hydrogens (tertiary/aromatic N) is 1. The van der Waals surface area contributed by atoms with E-state index in [1.807, 2.05) is 0 Å². The first-order chi connectivity index (χ1) is 10.6. The number of ketones is 1. The number of H-pyrrole nitrogens is 1. The van der Waals surface area contributed by atoms with Gasteiger partial charge in [-0.05, 0) is 25.7 Å². The second kappa shape index (κ2) is 5.92. The van der Waals surface area contributed by atoms with Gasteiger partial charge in [0.05, 0.1) is 5.69 Å². The molecule has 1 aromatic heterocycles. The topological polar surface area (TPSA) is 91.9 Å². The third-order valence-corrected chi connectivity index (χ3v) is 4.87. The number of sulfonamides is 1. The number of benzene rings is 1. The molecule has 0 unspecified atom stereocenters. The molecular weight excluding hydrogens is 302 g/mol. The van der Waals surface area contributed by atoms with Crippen molar-refractivity contribution in [2.24, 2.45) is 0 Å². The van der Waals surface area contributed by atoms with Gasteiger partial charge in [0.1, 0.15) is 11.6 Å². The maximum absolute atomic E-state index is 12.2. The van der Waals surface area contributed by atoms with Crippen molar-refractivity contribution in [3.05, 3.63) is 47.2 Å². The first-order valence-electron chi connectivity index (χ1n) is 7.20. The maximum Gasteiger partial charge on any atom is 0.241 e. The fourth-order valence-electron chi connectivity index (χ4n) is 2.63. The van der Waals surface area contributed by atoms with Gasteiger partial charge in [0.25, 0.3) is 0 Å². The van der Waals surface area contributed by atoms with Gasteiger partial charge in [0.15, 0.2) is 5.78 Å². The Kier molecular flexibility index (Phi) is 3.98. The molecule has 1 aliphatic rings. The van der Waals surface area contributed by atoms with Crippen molar-refractivity contribution in [3.63, 3.8) is 0 Å². The molecule has 1 heterocycles. The molecular formula is C15H17N3O3S. The van der Waals surface area contributed by atoms with Gasteiger partial charge in [-0.15, -0.1) is 0 Å². The highest BCUT2D eigenvalue weighted by atomic mass is 32.2. The van der Waals surface area contributed by atoms with Gasteiger partial charge in [0.2, 0.25) is 10.0 Å². The van der Waals surface area contributed by atoms with Crippen molar-refractivity contribution in [1.82, 2.24) is 10.2 Å². The van der Waals surface area contributed by atoms with Crippen molar-refractivity contribution in [1.29, 1.82) is 0 Å². The summed E-state index contributed by atoms with van der Waals surface area (Å²) in [5.41, 5.74) is 2.22. The lowest BCUT2D eigenvalue weighted by Crippen LogP contribution is -2.23. The van der Waals surface area contributed by atoms with Gasteiger partial charge in [-0.25, -0.2) is 8.42 Å². The fourth-order valence-corrected chi connectivity index (χ4v) is 3.69. The Labute approximate surface area is 129 Å². The van der Waals surface area contributed by atoms with Crippen molar-refractivity contribution >= 4 is 21.6 Å². The summed E-state index contributed by atoms with van der Waals surface area (Å²) in [5, 5.41) is 6.88. The maximum atomic E-state index is 12.2. The first-order valence-corrected chi connectivity index (χ1v) is 8.85. The summed E-state index contributed by atoms with van der Waals surface area (Å²) < 4.78 is 26.8. The molecule has 2 N–H and O–H groups in total. The number of hydrogen-bond acceptors (Lipinski definition) is 4. The van der Waals surface area contributed by atoms with Gasteiger partial charge in [-0.3, -0.25) is 14.6 Å². The third kappa shape index (κ3) is 3.19. The summed E-state index contributed by atoms with van der Waals surface area (Å²) in [5.74, 6) is -0.609. The summed E-state index contributed by atoms with van der Waals surface area (Å²) in [4.78, 5) is 12.0. The molecule has 1 aliphatic carbocycles. The quantitative estimate of drug-likeness (QED) is 0.824. The van der Waals surface area contributed by atoms with Crippen LogP contribution in [-0.4, -0.2) is 30.2 Å². The monoisotopic (exact) mass is 319 g/mol. The zero-order valence-corrected chi connectivity index (χ0v) is 12.8. The van der Waals surface area contributed by atoms with Crippen LogP contribution in [0, 0.1) is 0 Å². The molecule has 0 radical (unpaired) electrons. The number of nitrogens with one attached hydrogen (secondary N) is 2. The number of aromatic amines is 1. The zero-order valence-electron chi connectivity index (χ0n) is 12.0. The van der Waals surface area contributed by atoms with E-state index in [0.717, 1.165) is 36.9 Å². The van der Waals surface area contributed by atoms with Gasteiger partial charge < -0.3 is 0 Å². The molecule has 0 bridgehead atoms. The lowest BCUT2D eigenvalue weighted by Gasteiger charge is -2.12. The zero-order chi connectivity index (χ0) is 15.6. The Hall–Kier alpha value is -2.15. The summed E-state index contributed by atoms with van der Waals surface area (Å²) in [6.07, 6.45) is 3.74. The Morgan fingerprint density at radius 3 is 2.68 bits per heavy atom. The van der Waals surface area contributed by atoms with E-state index in [1.54, 1.807) is 30.3 Å². The molecule has 22 heavy (non-hydrogen) atoms. The summed E-state index contributed by atoms with van der Waals surface area (Å²) in [6.45, 7) is 0. The number of hydrogen-bond donors (Lipinski definition) is 2. The van der Waals surface area contributed by atoms with Crippen molar-refractivity contribution in [3.8, 4) is 0 Å². The molecule has 0 saturated carbocycles. The SMILES string of the molecule is O=C(CS(=O)(=O)Nc1[nH]nc2c1CCCC2)c1ccccc1. The Balaban J connectivity index is 1.74. The van der Waals surface area contributed by atoms with Crippen molar-refractivity contribution in [2.75, 3.05) is 10.5 Å². The molecule has 0 saturated heterocycles. The Morgan fingerprint density at radius 1 is 1.18 bits per heavy atom. The number of Topliss-reactive ketones (excluding diaryl/α,β-unsaturated/α-hetero) is 1. The minimum atomic E-state index is -3.76. The lowest BCUT2D eigenvalue weighted by atomic mass is 9.98. The van der Waals surface area contributed by atoms with E-state index in [0.29, 0.717) is 11.4 Å². The molecule has 116 valence electrons. The van der Waals surface area contributed by atoms with Crippen molar-refractivity contribution in [2.45, 2.75) is 25.7 Å². The molecule has 0 atom stereocenters. The van der Waals surface area contributed by atoms with Crippen LogP contribution in [0.2, 0.25) is 0 Å². The van der Waals surface area contributed by atoms with Gasteiger partial charge in [-0.1, -0.05) is 30.3 Å². The fraction of sp³-hybridized carbons (Fsp3) is 0.333. The minimum Gasteiger partial charge on any atom is -0.293 e. The van der Waals surface area contributed by atoms with Gasteiger partial charge in [0, 0.05) is 11.1 Å². The number of anilines is 1. The van der Waals surface area contributed by atoms with Crippen LogP contribution in [0.5, 0.6) is 0 Å². The van der Waals surface area contributed by atoms with Crippen LogP contribution in [0.25, 0.3) is 0 Å². The second-order valence-corrected chi connectivity index (χ2v) is 7.10. The van der Waals surface area contributed by atoms with E-state index >= 15 is 0 Å². The second-order valence-electron chi connectivity index (χ2n) is 5.38. The van der Waals surface area contributed by atoms with Crippen LogP contribution in [0.1, 0.15) is 34.5 Å². The van der Waals surface area contributed by atoms with E-state index in [9.17, 15) is 13.2 Å². The molecule has 7 heteroatoms. The smallest absolute Gasteiger partial charge is 0.241 e. The highest BCUT2D eigenvalue weighted by Crippen LogP contribution is 2.26. The van der Waals surface area contributed by atoms with E-state index in [4.69, 9.17) is 0 Å². The molecule has 1 aromatic carbocycles. The molecule has 0 aliphatic heterocycles. The lowest BCUT2D eigenvalue weighted by molar-refractivity contribution is 0.102. The Bertz CT molecular complexity index is 782. The summed E-state index contributed by atoms with van der Waals surface area (Å²) in [6, 6.07) is 8.41. The van der Waals surface area contributed by atoms with Gasteiger partial charge in [-0.2, -0.15) is 5.10 Å². The van der Waals surface area contributed by atoms with Crippen molar-refractivity contribution < 1.29 is 13.2 Å². The third-order valence-electron chi connectivity index (χ3n) is 3.72. The molecule has 3 rings (SSSR count). The van der Waals surface area contributed by atoms with Crippen LogP contribution in [0.4, 0.5) is 5.82 Å². The van der Waals surface area contributed by atoms with Crippen LogP contribution in [0.3, 0.4) is 0 Å². The average Bonchev–Trinajstić information content (AvgIpc) is 2.90. The predicted molar refractivity (Wildman–Crippen MR) is 83.4 cm³/mol. The number of aromatic nitrogens is 2.